The Kier molecular flexibility index (Phi) is 3.29. The summed E-state index contributed by atoms with van der Waals surface area (Å²) in [5, 5.41) is 9.96. The fourth-order valence-electron chi connectivity index (χ4n) is 2.16. The number of rotatable bonds is 1. The molecule has 3 heteroatoms. The van der Waals surface area contributed by atoms with Crippen molar-refractivity contribution in [2.45, 2.75) is 44.1 Å². The Hall–Kier alpha value is -0.280. The largest absolute Gasteiger partial charge is 0.468 e. The Morgan fingerprint density at radius 3 is 2.79 bits per heavy atom. The molecule has 14 heavy (non-hydrogen) atoms. The maximum atomic E-state index is 9.96. The van der Waals surface area contributed by atoms with E-state index in [4.69, 9.17) is 4.42 Å². The molecular weight excluding hydrogens is 244 g/mol. The van der Waals surface area contributed by atoms with Gasteiger partial charge in [0.15, 0.2) is 0 Å². The molecule has 1 aromatic heterocycles. The van der Waals surface area contributed by atoms with Gasteiger partial charge in [-0.2, -0.15) is 0 Å². The first-order valence-electron chi connectivity index (χ1n) is 5.20. The Bertz CT molecular complexity index is 295. The fourth-order valence-corrected chi connectivity index (χ4v) is 2.66. The summed E-state index contributed by atoms with van der Waals surface area (Å²) in [7, 11) is 0. The lowest BCUT2D eigenvalue weighted by Gasteiger charge is -2.18. The first kappa shape index (κ1) is 10.2. The van der Waals surface area contributed by atoms with Gasteiger partial charge in [0.1, 0.15) is 5.76 Å². The van der Waals surface area contributed by atoms with E-state index in [9.17, 15) is 5.11 Å². The van der Waals surface area contributed by atoms with Crippen LogP contribution in [-0.2, 0) is 0 Å². The topological polar surface area (TPSA) is 33.4 Å². The summed E-state index contributed by atoms with van der Waals surface area (Å²) in [6.07, 6.45) is 6.93. The van der Waals surface area contributed by atoms with E-state index in [-0.39, 0.29) is 12.0 Å². The maximum Gasteiger partial charge on any atom is 0.123 e. The molecule has 1 saturated carbocycles. The van der Waals surface area contributed by atoms with Crippen LogP contribution in [0.25, 0.3) is 0 Å². The summed E-state index contributed by atoms with van der Waals surface area (Å²) in [6, 6.07) is 1.90. The SMILES string of the molecule is OC1CCCCCC1c1occc1Br. The number of furan rings is 1. The van der Waals surface area contributed by atoms with Gasteiger partial charge in [-0.25, -0.2) is 0 Å². The number of aliphatic hydroxyl groups excluding tert-OH is 1. The van der Waals surface area contributed by atoms with Gasteiger partial charge in [-0.3, -0.25) is 0 Å². The van der Waals surface area contributed by atoms with Crippen LogP contribution in [0.3, 0.4) is 0 Å². The van der Waals surface area contributed by atoms with E-state index in [0.29, 0.717) is 0 Å². The van der Waals surface area contributed by atoms with Crippen LogP contribution in [0.4, 0.5) is 0 Å². The monoisotopic (exact) mass is 258 g/mol. The molecule has 1 N–H and O–H groups in total. The van der Waals surface area contributed by atoms with E-state index < -0.39 is 0 Å². The number of aliphatic hydroxyl groups is 1. The van der Waals surface area contributed by atoms with E-state index in [1.165, 1.54) is 12.8 Å². The van der Waals surface area contributed by atoms with Crippen LogP contribution >= 0.6 is 15.9 Å². The zero-order valence-electron chi connectivity index (χ0n) is 8.08. The third-order valence-electron chi connectivity index (χ3n) is 2.96. The van der Waals surface area contributed by atoms with Crippen molar-refractivity contribution in [1.82, 2.24) is 0 Å². The molecule has 0 bridgehead atoms. The summed E-state index contributed by atoms with van der Waals surface area (Å²) < 4.78 is 6.41. The molecule has 2 rings (SSSR count). The minimum Gasteiger partial charge on any atom is -0.468 e. The van der Waals surface area contributed by atoms with E-state index >= 15 is 0 Å². The van der Waals surface area contributed by atoms with Crippen molar-refractivity contribution in [1.29, 1.82) is 0 Å². The molecule has 0 saturated heterocycles. The van der Waals surface area contributed by atoms with Crippen molar-refractivity contribution in [3.05, 3.63) is 22.6 Å². The van der Waals surface area contributed by atoms with Crippen molar-refractivity contribution in [2.24, 2.45) is 0 Å². The maximum absolute atomic E-state index is 9.96. The zero-order chi connectivity index (χ0) is 9.97. The minimum absolute atomic E-state index is 0.182. The summed E-state index contributed by atoms with van der Waals surface area (Å²) in [5.41, 5.74) is 0. The lowest BCUT2D eigenvalue weighted by atomic mass is 9.95. The van der Waals surface area contributed by atoms with Crippen molar-refractivity contribution in [3.63, 3.8) is 0 Å². The van der Waals surface area contributed by atoms with Gasteiger partial charge in [0, 0.05) is 5.92 Å². The number of hydrogen-bond acceptors (Lipinski definition) is 2. The van der Waals surface area contributed by atoms with Gasteiger partial charge in [0.25, 0.3) is 0 Å². The van der Waals surface area contributed by atoms with Crippen LogP contribution in [0.5, 0.6) is 0 Å². The molecule has 1 aliphatic carbocycles. The summed E-state index contributed by atoms with van der Waals surface area (Å²) in [5.74, 6) is 1.10. The number of hydrogen-bond donors (Lipinski definition) is 1. The van der Waals surface area contributed by atoms with Gasteiger partial charge in [-0.05, 0) is 34.8 Å². The average Bonchev–Trinajstić information content (AvgIpc) is 2.46. The Morgan fingerprint density at radius 2 is 2.07 bits per heavy atom. The lowest BCUT2D eigenvalue weighted by Crippen LogP contribution is -2.16. The van der Waals surface area contributed by atoms with Crippen LogP contribution in [0.2, 0.25) is 0 Å². The van der Waals surface area contributed by atoms with Gasteiger partial charge in [-0.1, -0.05) is 19.3 Å². The Labute approximate surface area is 92.4 Å². The van der Waals surface area contributed by atoms with Crippen molar-refractivity contribution in [2.75, 3.05) is 0 Å². The molecule has 0 amide bonds. The average molecular weight is 259 g/mol. The highest BCUT2D eigenvalue weighted by atomic mass is 79.9. The quantitative estimate of drug-likeness (QED) is 0.783. The van der Waals surface area contributed by atoms with Gasteiger partial charge in [0.05, 0.1) is 16.8 Å². The van der Waals surface area contributed by atoms with Crippen molar-refractivity contribution < 1.29 is 9.52 Å². The third-order valence-corrected chi connectivity index (χ3v) is 3.62. The summed E-state index contributed by atoms with van der Waals surface area (Å²) >= 11 is 3.45. The van der Waals surface area contributed by atoms with Gasteiger partial charge >= 0.3 is 0 Å². The van der Waals surface area contributed by atoms with Crippen molar-refractivity contribution in [3.8, 4) is 0 Å². The van der Waals surface area contributed by atoms with Crippen LogP contribution < -0.4 is 0 Å². The Balaban J connectivity index is 2.19. The lowest BCUT2D eigenvalue weighted by molar-refractivity contribution is 0.125. The molecule has 0 spiro atoms. The third kappa shape index (κ3) is 2.04. The smallest absolute Gasteiger partial charge is 0.123 e. The molecular formula is C11H15BrO2. The van der Waals surface area contributed by atoms with Gasteiger partial charge in [0.2, 0.25) is 0 Å². The van der Waals surface area contributed by atoms with E-state index in [1.807, 2.05) is 6.07 Å². The minimum atomic E-state index is -0.236. The highest BCUT2D eigenvalue weighted by molar-refractivity contribution is 9.10. The fraction of sp³-hybridized carbons (Fsp3) is 0.636. The standard InChI is InChI=1S/C11H15BrO2/c12-9-6-7-14-11(9)8-4-2-1-3-5-10(8)13/h6-8,10,13H,1-5H2. The molecule has 0 radical (unpaired) electrons. The van der Waals surface area contributed by atoms with Gasteiger partial charge in [-0.15, -0.1) is 0 Å². The van der Waals surface area contributed by atoms with Crippen LogP contribution in [0, 0.1) is 0 Å². The Morgan fingerprint density at radius 1 is 1.29 bits per heavy atom. The van der Waals surface area contributed by atoms with Gasteiger partial charge < -0.3 is 9.52 Å². The van der Waals surface area contributed by atoms with Crippen LogP contribution in [0.15, 0.2) is 21.2 Å². The zero-order valence-corrected chi connectivity index (χ0v) is 9.66. The molecule has 2 nitrogen and oxygen atoms in total. The highest BCUT2D eigenvalue weighted by Gasteiger charge is 2.27. The molecule has 1 aromatic rings. The molecule has 2 atom stereocenters. The first-order chi connectivity index (χ1) is 6.79. The van der Waals surface area contributed by atoms with Crippen molar-refractivity contribution >= 4 is 15.9 Å². The number of halogens is 1. The molecule has 2 unspecified atom stereocenters. The molecule has 0 aromatic carbocycles. The second-order valence-electron chi connectivity index (χ2n) is 3.94. The second-order valence-corrected chi connectivity index (χ2v) is 4.80. The van der Waals surface area contributed by atoms with Crippen LogP contribution in [0.1, 0.15) is 43.8 Å². The normalized spacial score (nSPS) is 28.7. The van der Waals surface area contributed by atoms with E-state index in [2.05, 4.69) is 15.9 Å². The molecule has 1 aliphatic rings. The summed E-state index contributed by atoms with van der Waals surface area (Å²) in [6.45, 7) is 0. The molecule has 78 valence electrons. The van der Waals surface area contributed by atoms with Crippen LogP contribution in [-0.4, -0.2) is 11.2 Å². The second kappa shape index (κ2) is 4.49. The molecule has 1 heterocycles. The first-order valence-corrected chi connectivity index (χ1v) is 5.99. The molecule has 0 aliphatic heterocycles. The predicted octanol–water partition coefficient (Wildman–Crippen LogP) is 3.45. The van der Waals surface area contributed by atoms with E-state index in [0.717, 1.165) is 29.5 Å². The predicted molar refractivity (Wildman–Crippen MR) is 58.2 cm³/mol. The highest BCUT2D eigenvalue weighted by Crippen LogP contribution is 2.36. The van der Waals surface area contributed by atoms with E-state index in [1.54, 1.807) is 6.26 Å². The molecule has 1 fully saturated rings. The summed E-state index contributed by atoms with van der Waals surface area (Å²) in [4.78, 5) is 0.